The van der Waals surface area contributed by atoms with Gasteiger partial charge in [-0.05, 0) is 25.1 Å². The molecule has 2 amide bonds. The first-order valence-electron chi connectivity index (χ1n) is 7.71. The van der Waals surface area contributed by atoms with Crippen LogP contribution in [0.3, 0.4) is 0 Å². The average molecular weight is 322 g/mol. The molecule has 2 aliphatic rings. The predicted molar refractivity (Wildman–Crippen MR) is 86.0 cm³/mol. The summed E-state index contributed by atoms with van der Waals surface area (Å²) in [5.41, 5.74) is 0.696. The molecule has 1 unspecified atom stereocenters. The normalized spacial score (nSPS) is 22.8. The second kappa shape index (κ2) is 6.67. The summed E-state index contributed by atoms with van der Waals surface area (Å²) in [4.78, 5) is 28.4. The Hall–Kier alpha value is -1.59. The summed E-state index contributed by atoms with van der Waals surface area (Å²) < 4.78 is 0. The number of nitrogens with one attached hydrogen (secondary N) is 1. The minimum Gasteiger partial charge on any atom is -0.341 e. The number of anilines is 1. The maximum Gasteiger partial charge on any atom is 0.228 e. The van der Waals surface area contributed by atoms with Crippen LogP contribution in [0.1, 0.15) is 12.8 Å². The van der Waals surface area contributed by atoms with Crippen LogP contribution in [0.25, 0.3) is 0 Å². The van der Waals surface area contributed by atoms with Crippen LogP contribution in [0.2, 0.25) is 5.02 Å². The Balaban J connectivity index is 1.71. The van der Waals surface area contributed by atoms with Crippen molar-refractivity contribution in [1.82, 2.24) is 10.2 Å². The molecule has 5 nitrogen and oxygen atoms in total. The third-order valence-electron chi connectivity index (χ3n) is 4.27. The molecule has 0 aromatic heterocycles. The standard InChI is InChI=1S/C16H20ClN3O2/c17-13-4-1-2-5-14(13)20-11-12(10-15(20)21)16(22)19-8-3-6-18-7-9-19/h1-2,4-5,12,18H,3,6-11H2. The molecule has 1 atom stereocenters. The van der Waals surface area contributed by atoms with E-state index in [2.05, 4.69) is 5.32 Å². The van der Waals surface area contributed by atoms with E-state index in [-0.39, 0.29) is 24.2 Å². The zero-order chi connectivity index (χ0) is 15.5. The van der Waals surface area contributed by atoms with Crippen LogP contribution in [0.5, 0.6) is 0 Å². The lowest BCUT2D eigenvalue weighted by Gasteiger charge is -2.23. The fraction of sp³-hybridized carbons (Fsp3) is 0.500. The molecular formula is C16H20ClN3O2. The monoisotopic (exact) mass is 321 g/mol. The van der Waals surface area contributed by atoms with E-state index in [0.29, 0.717) is 17.3 Å². The van der Waals surface area contributed by atoms with E-state index in [1.807, 2.05) is 23.1 Å². The summed E-state index contributed by atoms with van der Waals surface area (Å²) in [6, 6.07) is 7.27. The van der Waals surface area contributed by atoms with Gasteiger partial charge in [0.2, 0.25) is 11.8 Å². The number of hydrogen-bond acceptors (Lipinski definition) is 3. The third-order valence-corrected chi connectivity index (χ3v) is 4.59. The molecule has 0 aliphatic carbocycles. The van der Waals surface area contributed by atoms with Gasteiger partial charge in [0, 0.05) is 32.6 Å². The van der Waals surface area contributed by atoms with Crippen molar-refractivity contribution in [2.45, 2.75) is 12.8 Å². The van der Waals surface area contributed by atoms with Crippen molar-refractivity contribution >= 4 is 29.1 Å². The molecule has 1 aromatic carbocycles. The Morgan fingerprint density at radius 3 is 2.86 bits per heavy atom. The second-order valence-corrected chi connectivity index (χ2v) is 6.19. The Kier molecular flexibility index (Phi) is 4.64. The number of halogens is 1. The molecule has 2 saturated heterocycles. The van der Waals surface area contributed by atoms with Gasteiger partial charge in [-0.1, -0.05) is 23.7 Å². The summed E-state index contributed by atoms with van der Waals surface area (Å²) in [6.45, 7) is 3.67. The number of rotatable bonds is 2. The van der Waals surface area contributed by atoms with Crippen molar-refractivity contribution < 1.29 is 9.59 Å². The van der Waals surface area contributed by atoms with Gasteiger partial charge in [-0.2, -0.15) is 0 Å². The predicted octanol–water partition coefficient (Wildman–Crippen LogP) is 1.51. The molecule has 3 rings (SSSR count). The quantitative estimate of drug-likeness (QED) is 0.898. The number of amides is 2. The number of carbonyl (C=O) groups excluding carboxylic acids is 2. The highest BCUT2D eigenvalue weighted by Gasteiger charge is 2.37. The highest BCUT2D eigenvalue weighted by atomic mass is 35.5. The van der Waals surface area contributed by atoms with Crippen molar-refractivity contribution in [2.75, 3.05) is 37.6 Å². The summed E-state index contributed by atoms with van der Waals surface area (Å²) in [6.07, 6.45) is 1.23. The van der Waals surface area contributed by atoms with Crippen LogP contribution in [0, 0.1) is 5.92 Å². The number of benzene rings is 1. The van der Waals surface area contributed by atoms with Gasteiger partial charge in [-0.15, -0.1) is 0 Å². The van der Waals surface area contributed by atoms with E-state index in [9.17, 15) is 9.59 Å². The lowest BCUT2D eigenvalue weighted by atomic mass is 10.1. The fourth-order valence-corrected chi connectivity index (χ4v) is 3.34. The smallest absolute Gasteiger partial charge is 0.228 e. The fourth-order valence-electron chi connectivity index (χ4n) is 3.10. The average Bonchev–Trinajstić information content (AvgIpc) is 2.74. The molecule has 2 aliphatic heterocycles. The van der Waals surface area contributed by atoms with Crippen LogP contribution < -0.4 is 10.2 Å². The van der Waals surface area contributed by atoms with Gasteiger partial charge >= 0.3 is 0 Å². The number of carbonyl (C=O) groups is 2. The molecule has 6 heteroatoms. The van der Waals surface area contributed by atoms with Gasteiger partial charge in [0.25, 0.3) is 0 Å². The van der Waals surface area contributed by atoms with Crippen LogP contribution in [-0.2, 0) is 9.59 Å². The van der Waals surface area contributed by atoms with Gasteiger partial charge < -0.3 is 15.1 Å². The van der Waals surface area contributed by atoms with E-state index >= 15 is 0 Å². The van der Waals surface area contributed by atoms with Crippen molar-refractivity contribution in [1.29, 1.82) is 0 Å². The zero-order valence-corrected chi connectivity index (χ0v) is 13.2. The topological polar surface area (TPSA) is 52.7 Å². The van der Waals surface area contributed by atoms with E-state index in [1.165, 1.54) is 0 Å². The summed E-state index contributed by atoms with van der Waals surface area (Å²) in [5.74, 6) is -0.201. The summed E-state index contributed by atoms with van der Waals surface area (Å²) >= 11 is 6.17. The first-order chi connectivity index (χ1) is 10.7. The second-order valence-electron chi connectivity index (χ2n) is 5.79. The SMILES string of the molecule is O=C(C1CC(=O)N(c2ccccc2Cl)C1)N1CCCNCC1. The van der Waals surface area contributed by atoms with Crippen LogP contribution >= 0.6 is 11.6 Å². The van der Waals surface area contributed by atoms with Crippen molar-refractivity contribution in [3.63, 3.8) is 0 Å². The number of para-hydroxylation sites is 1. The van der Waals surface area contributed by atoms with Crippen molar-refractivity contribution in [3.05, 3.63) is 29.3 Å². The van der Waals surface area contributed by atoms with Gasteiger partial charge in [-0.3, -0.25) is 9.59 Å². The molecule has 118 valence electrons. The van der Waals surface area contributed by atoms with Gasteiger partial charge in [-0.25, -0.2) is 0 Å². The molecule has 1 aromatic rings. The molecule has 2 fully saturated rings. The lowest BCUT2D eigenvalue weighted by molar-refractivity contribution is -0.135. The van der Waals surface area contributed by atoms with Crippen LogP contribution in [-0.4, -0.2) is 49.4 Å². The molecule has 0 saturated carbocycles. The van der Waals surface area contributed by atoms with E-state index in [0.717, 1.165) is 32.6 Å². The summed E-state index contributed by atoms with van der Waals surface area (Å²) in [5, 5.41) is 3.83. The van der Waals surface area contributed by atoms with Gasteiger partial charge in [0.05, 0.1) is 16.6 Å². The highest BCUT2D eigenvalue weighted by molar-refractivity contribution is 6.33. The van der Waals surface area contributed by atoms with E-state index in [4.69, 9.17) is 11.6 Å². The molecule has 0 spiro atoms. The van der Waals surface area contributed by atoms with Gasteiger partial charge in [0.1, 0.15) is 0 Å². The largest absolute Gasteiger partial charge is 0.341 e. The zero-order valence-electron chi connectivity index (χ0n) is 12.4. The van der Waals surface area contributed by atoms with Crippen LogP contribution in [0.4, 0.5) is 5.69 Å². The first kappa shape index (κ1) is 15.3. The third kappa shape index (κ3) is 3.10. The van der Waals surface area contributed by atoms with E-state index in [1.54, 1.807) is 11.0 Å². The molecule has 0 radical (unpaired) electrons. The summed E-state index contributed by atoms with van der Waals surface area (Å²) in [7, 11) is 0. The highest BCUT2D eigenvalue weighted by Crippen LogP contribution is 2.31. The Morgan fingerprint density at radius 1 is 1.23 bits per heavy atom. The molecular weight excluding hydrogens is 302 g/mol. The van der Waals surface area contributed by atoms with Crippen molar-refractivity contribution in [3.8, 4) is 0 Å². The Bertz CT molecular complexity index is 570. The Labute approximate surface area is 135 Å². The minimum absolute atomic E-state index is 0.0283. The molecule has 0 bridgehead atoms. The first-order valence-corrected chi connectivity index (χ1v) is 8.09. The number of hydrogen-bond donors (Lipinski definition) is 1. The maximum atomic E-state index is 12.6. The van der Waals surface area contributed by atoms with E-state index < -0.39 is 0 Å². The number of nitrogens with zero attached hydrogens (tertiary/aromatic N) is 2. The maximum absolute atomic E-state index is 12.6. The Morgan fingerprint density at radius 2 is 2.05 bits per heavy atom. The molecule has 1 N–H and O–H groups in total. The lowest BCUT2D eigenvalue weighted by Crippen LogP contribution is -2.39. The van der Waals surface area contributed by atoms with Crippen LogP contribution in [0.15, 0.2) is 24.3 Å². The molecule has 22 heavy (non-hydrogen) atoms. The minimum atomic E-state index is -0.262. The molecule has 2 heterocycles. The van der Waals surface area contributed by atoms with Crippen molar-refractivity contribution in [2.24, 2.45) is 5.92 Å². The van der Waals surface area contributed by atoms with Gasteiger partial charge in [0.15, 0.2) is 0 Å².